The van der Waals surface area contributed by atoms with E-state index in [4.69, 9.17) is 10.5 Å². The Bertz CT molecular complexity index is 404. The second-order valence-corrected chi connectivity index (χ2v) is 3.53. The maximum absolute atomic E-state index is 5.93. The molecule has 0 aromatic heterocycles. The van der Waals surface area contributed by atoms with Crippen molar-refractivity contribution in [3.8, 4) is 0 Å². The number of rotatable bonds is 2. The first-order chi connectivity index (χ1) is 7.25. The molecule has 1 heterocycles. The number of hydrogen-bond acceptors (Lipinski definition) is 3. The highest BCUT2D eigenvalue weighted by Gasteiger charge is 2.05. The molecule has 0 aliphatic carbocycles. The zero-order valence-electron chi connectivity index (χ0n) is 8.73. The molecular weight excluding hydrogens is 188 g/mol. The van der Waals surface area contributed by atoms with Gasteiger partial charge in [0.15, 0.2) is 0 Å². The third-order valence-corrected chi connectivity index (χ3v) is 2.27. The molecule has 1 aromatic carbocycles. The molecule has 1 aliphatic rings. The number of hydrogen-bond donors (Lipinski definition) is 1. The van der Waals surface area contributed by atoms with Crippen molar-refractivity contribution in [2.75, 3.05) is 13.2 Å². The van der Waals surface area contributed by atoms with Gasteiger partial charge in [-0.2, -0.15) is 0 Å². The van der Waals surface area contributed by atoms with E-state index in [1.165, 1.54) is 5.56 Å². The third kappa shape index (κ3) is 2.37. The molecule has 3 nitrogen and oxygen atoms in total. The van der Waals surface area contributed by atoms with Crippen LogP contribution < -0.4 is 5.73 Å². The lowest BCUT2D eigenvalue weighted by Crippen LogP contribution is -2.02. The average Bonchev–Trinajstić information content (AvgIpc) is 2.71. The number of nitrogens with zero attached hydrogens (tertiary/aromatic N) is 1. The molecule has 1 aliphatic heterocycles. The van der Waals surface area contributed by atoms with E-state index in [9.17, 15) is 0 Å². The van der Waals surface area contributed by atoms with Gasteiger partial charge < -0.3 is 10.5 Å². The van der Waals surface area contributed by atoms with Crippen LogP contribution in [0.25, 0.3) is 5.70 Å². The molecule has 2 N–H and O–H groups in total. The van der Waals surface area contributed by atoms with Crippen molar-refractivity contribution in [2.45, 2.75) is 6.92 Å². The van der Waals surface area contributed by atoms with Gasteiger partial charge in [0.2, 0.25) is 5.90 Å². The number of nitrogens with two attached hydrogens (primary N) is 1. The van der Waals surface area contributed by atoms with Crippen molar-refractivity contribution < 1.29 is 4.74 Å². The highest BCUT2D eigenvalue weighted by atomic mass is 16.5. The van der Waals surface area contributed by atoms with Gasteiger partial charge in [0.05, 0.1) is 6.54 Å². The summed E-state index contributed by atoms with van der Waals surface area (Å²) in [6, 6.07) is 8.06. The minimum Gasteiger partial charge on any atom is -0.476 e. The summed E-state index contributed by atoms with van der Waals surface area (Å²) in [4.78, 5) is 4.16. The average molecular weight is 202 g/mol. The normalized spacial score (nSPS) is 16.1. The Morgan fingerprint density at radius 2 is 2.13 bits per heavy atom. The topological polar surface area (TPSA) is 47.6 Å². The molecule has 3 heteroatoms. The van der Waals surface area contributed by atoms with Crippen LogP contribution in [0.15, 0.2) is 35.3 Å². The molecule has 2 rings (SSSR count). The SMILES string of the molecule is Cc1ccc(/C(N)=C/C2=NCCO2)cc1. The smallest absolute Gasteiger partial charge is 0.210 e. The van der Waals surface area contributed by atoms with Gasteiger partial charge in [-0.25, -0.2) is 4.99 Å². The Labute approximate surface area is 89.3 Å². The number of aryl methyl sites for hydroxylation is 1. The zero-order valence-corrected chi connectivity index (χ0v) is 8.73. The Kier molecular flexibility index (Phi) is 2.72. The molecule has 0 atom stereocenters. The molecule has 0 bridgehead atoms. The molecule has 15 heavy (non-hydrogen) atoms. The summed E-state index contributed by atoms with van der Waals surface area (Å²) < 4.78 is 5.26. The van der Waals surface area contributed by atoms with Crippen LogP contribution in [0.1, 0.15) is 11.1 Å². The van der Waals surface area contributed by atoms with E-state index in [1.807, 2.05) is 31.2 Å². The summed E-state index contributed by atoms with van der Waals surface area (Å²) in [5.74, 6) is 0.632. The predicted octanol–water partition coefficient (Wildman–Crippen LogP) is 1.72. The molecule has 0 saturated carbocycles. The van der Waals surface area contributed by atoms with Crippen molar-refractivity contribution >= 4 is 11.6 Å². The van der Waals surface area contributed by atoms with Gasteiger partial charge in [-0.3, -0.25) is 0 Å². The molecule has 0 amide bonds. The Balaban J connectivity index is 2.19. The Morgan fingerprint density at radius 1 is 1.40 bits per heavy atom. The fourth-order valence-electron chi connectivity index (χ4n) is 1.40. The molecular formula is C12H14N2O. The van der Waals surface area contributed by atoms with Gasteiger partial charge in [-0.05, 0) is 12.5 Å². The van der Waals surface area contributed by atoms with Gasteiger partial charge in [0, 0.05) is 11.8 Å². The molecule has 0 fully saturated rings. The minimum absolute atomic E-state index is 0.632. The van der Waals surface area contributed by atoms with Crippen LogP contribution in [-0.2, 0) is 4.74 Å². The number of benzene rings is 1. The zero-order chi connectivity index (χ0) is 10.7. The summed E-state index contributed by atoms with van der Waals surface area (Å²) in [6.45, 7) is 3.44. The van der Waals surface area contributed by atoms with Crippen LogP contribution in [0, 0.1) is 6.92 Å². The van der Waals surface area contributed by atoms with Gasteiger partial charge in [-0.1, -0.05) is 29.8 Å². The van der Waals surface area contributed by atoms with E-state index in [2.05, 4.69) is 4.99 Å². The Hall–Kier alpha value is -1.77. The van der Waals surface area contributed by atoms with Crippen LogP contribution in [0.5, 0.6) is 0 Å². The number of ether oxygens (including phenoxy) is 1. The number of aliphatic imine (C=N–C) groups is 1. The third-order valence-electron chi connectivity index (χ3n) is 2.27. The van der Waals surface area contributed by atoms with Gasteiger partial charge in [0.25, 0.3) is 0 Å². The van der Waals surface area contributed by atoms with E-state index in [1.54, 1.807) is 6.08 Å². The molecule has 1 aromatic rings. The maximum atomic E-state index is 5.93. The van der Waals surface area contributed by atoms with E-state index in [0.717, 1.165) is 12.1 Å². The second kappa shape index (κ2) is 4.17. The predicted molar refractivity (Wildman–Crippen MR) is 61.6 cm³/mol. The summed E-state index contributed by atoms with van der Waals surface area (Å²) in [5.41, 5.74) is 8.84. The fraction of sp³-hybridized carbons (Fsp3) is 0.250. The molecule has 0 radical (unpaired) electrons. The largest absolute Gasteiger partial charge is 0.476 e. The van der Waals surface area contributed by atoms with Crippen molar-refractivity contribution in [3.63, 3.8) is 0 Å². The molecule has 78 valence electrons. The lowest BCUT2D eigenvalue weighted by molar-refractivity contribution is 0.350. The quantitative estimate of drug-likeness (QED) is 0.793. The maximum Gasteiger partial charge on any atom is 0.210 e. The first-order valence-electron chi connectivity index (χ1n) is 4.97. The van der Waals surface area contributed by atoms with Crippen molar-refractivity contribution in [3.05, 3.63) is 41.5 Å². The highest BCUT2D eigenvalue weighted by molar-refractivity contribution is 5.95. The standard InChI is InChI=1S/C12H14N2O/c1-9-2-4-10(5-3-9)11(13)8-12-14-6-7-15-12/h2-5,8H,6-7,13H2,1H3/b11-8-. The highest BCUT2D eigenvalue weighted by Crippen LogP contribution is 2.11. The summed E-state index contributed by atoms with van der Waals surface area (Å²) in [7, 11) is 0. The summed E-state index contributed by atoms with van der Waals surface area (Å²) in [5, 5.41) is 0. The van der Waals surface area contributed by atoms with Crippen LogP contribution in [0.3, 0.4) is 0 Å². The first kappa shape index (κ1) is 9.77. The van der Waals surface area contributed by atoms with Crippen molar-refractivity contribution in [1.82, 2.24) is 0 Å². The fourth-order valence-corrected chi connectivity index (χ4v) is 1.40. The summed E-state index contributed by atoms with van der Waals surface area (Å²) in [6.07, 6.45) is 1.78. The van der Waals surface area contributed by atoms with Crippen LogP contribution in [-0.4, -0.2) is 19.0 Å². The lowest BCUT2D eigenvalue weighted by Gasteiger charge is -2.02. The van der Waals surface area contributed by atoms with Crippen molar-refractivity contribution in [1.29, 1.82) is 0 Å². The second-order valence-electron chi connectivity index (χ2n) is 3.53. The van der Waals surface area contributed by atoms with E-state index >= 15 is 0 Å². The van der Waals surface area contributed by atoms with E-state index in [0.29, 0.717) is 18.2 Å². The molecule has 0 spiro atoms. The summed E-state index contributed by atoms with van der Waals surface area (Å²) >= 11 is 0. The first-order valence-corrected chi connectivity index (χ1v) is 4.97. The van der Waals surface area contributed by atoms with Crippen LogP contribution >= 0.6 is 0 Å². The van der Waals surface area contributed by atoms with Gasteiger partial charge in [0.1, 0.15) is 6.61 Å². The van der Waals surface area contributed by atoms with Gasteiger partial charge >= 0.3 is 0 Å². The minimum atomic E-state index is 0.632. The lowest BCUT2D eigenvalue weighted by atomic mass is 10.1. The molecule has 0 saturated heterocycles. The van der Waals surface area contributed by atoms with E-state index < -0.39 is 0 Å². The van der Waals surface area contributed by atoms with E-state index in [-0.39, 0.29) is 0 Å². The van der Waals surface area contributed by atoms with Crippen molar-refractivity contribution in [2.24, 2.45) is 10.7 Å². The van der Waals surface area contributed by atoms with Crippen LogP contribution in [0.2, 0.25) is 0 Å². The molecule has 0 unspecified atom stereocenters. The monoisotopic (exact) mass is 202 g/mol. The Morgan fingerprint density at radius 3 is 2.73 bits per heavy atom. The van der Waals surface area contributed by atoms with Gasteiger partial charge in [-0.15, -0.1) is 0 Å². The van der Waals surface area contributed by atoms with Crippen LogP contribution in [0.4, 0.5) is 0 Å².